The Morgan fingerprint density at radius 3 is 2.59 bits per heavy atom. The van der Waals surface area contributed by atoms with E-state index in [2.05, 4.69) is 14.7 Å². The van der Waals surface area contributed by atoms with E-state index >= 15 is 0 Å². The first kappa shape index (κ1) is 11.0. The Hall–Kier alpha value is -1.11. The summed E-state index contributed by atoms with van der Waals surface area (Å²) in [6, 6.07) is 0. The van der Waals surface area contributed by atoms with E-state index in [0.717, 1.165) is 19.3 Å². The zero-order chi connectivity index (χ0) is 12.3. The molecule has 2 saturated carbocycles. The summed E-state index contributed by atoms with van der Waals surface area (Å²) in [4.78, 5) is 3.43. The minimum atomic E-state index is -4.60. The molecule has 3 unspecified atom stereocenters. The van der Waals surface area contributed by atoms with Crippen LogP contribution in [0.1, 0.15) is 37.4 Å². The summed E-state index contributed by atoms with van der Waals surface area (Å²) in [7, 11) is 0. The second-order valence-electron chi connectivity index (χ2n) is 5.04. The molecule has 0 spiro atoms. The molecule has 4 nitrogen and oxygen atoms in total. The van der Waals surface area contributed by atoms with Gasteiger partial charge in [-0.3, -0.25) is 0 Å². The molecule has 1 heterocycles. The number of hydrogen-bond donors (Lipinski definition) is 1. The average molecular weight is 247 g/mol. The van der Waals surface area contributed by atoms with Crippen molar-refractivity contribution in [2.45, 2.75) is 37.4 Å². The van der Waals surface area contributed by atoms with Crippen LogP contribution in [0.2, 0.25) is 0 Å². The number of alkyl halides is 3. The lowest BCUT2D eigenvalue weighted by molar-refractivity contribution is -0.159. The molecule has 0 saturated heterocycles. The lowest BCUT2D eigenvalue weighted by Gasteiger charge is -2.30. The highest BCUT2D eigenvalue weighted by Crippen LogP contribution is 2.53. The molecule has 3 rings (SSSR count). The Labute approximate surface area is 95.4 Å². The number of halogens is 3. The van der Waals surface area contributed by atoms with Gasteiger partial charge in [0.2, 0.25) is 0 Å². The molecule has 2 bridgehead atoms. The Morgan fingerprint density at radius 2 is 2.12 bits per heavy atom. The zero-order valence-electron chi connectivity index (χ0n) is 9.00. The lowest BCUT2D eigenvalue weighted by atomic mass is 9.81. The van der Waals surface area contributed by atoms with Crippen LogP contribution in [0.25, 0.3) is 0 Å². The van der Waals surface area contributed by atoms with Crippen molar-refractivity contribution in [2.75, 3.05) is 0 Å². The molecular formula is C10H12F3N3O. The van der Waals surface area contributed by atoms with Gasteiger partial charge in [0.05, 0.1) is 5.54 Å². The molecule has 3 atom stereocenters. The van der Waals surface area contributed by atoms with Crippen LogP contribution < -0.4 is 5.73 Å². The summed E-state index contributed by atoms with van der Waals surface area (Å²) in [5, 5.41) is 3.42. The van der Waals surface area contributed by atoms with Gasteiger partial charge in [-0.2, -0.15) is 18.2 Å². The van der Waals surface area contributed by atoms with Gasteiger partial charge in [0.1, 0.15) is 0 Å². The maximum atomic E-state index is 12.4. The Morgan fingerprint density at radius 1 is 1.35 bits per heavy atom. The molecule has 0 aromatic carbocycles. The summed E-state index contributed by atoms with van der Waals surface area (Å²) in [6.07, 6.45) is -0.926. The van der Waals surface area contributed by atoms with E-state index in [0.29, 0.717) is 12.3 Å². The monoisotopic (exact) mass is 247 g/mol. The summed E-state index contributed by atoms with van der Waals surface area (Å²) >= 11 is 0. The predicted molar refractivity (Wildman–Crippen MR) is 50.6 cm³/mol. The number of rotatable bonds is 1. The van der Waals surface area contributed by atoms with Crippen LogP contribution in [0.15, 0.2) is 4.52 Å². The van der Waals surface area contributed by atoms with Gasteiger partial charge in [0.25, 0.3) is 0 Å². The molecule has 0 amide bonds. The SMILES string of the molecule is NC1(c2noc(C(F)(F)F)n2)CC2CCC1C2. The lowest BCUT2D eigenvalue weighted by Crippen LogP contribution is -2.43. The second-order valence-corrected chi connectivity index (χ2v) is 5.04. The van der Waals surface area contributed by atoms with E-state index in [4.69, 9.17) is 5.73 Å². The first-order valence-corrected chi connectivity index (χ1v) is 5.60. The van der Waals surface area contributed by atoms with Crippen LogP contribution in [-0.4, -0.2) is 10.1 Å². The fourth-order valence-corrected chi connectivity index (χ4v) is 3.17. The highest BCUT2D eigenvalue weighted by atomic mass is 19.4. The Kier molecular flexibility index (Phi) is 2.08. The third-order valence-corrected chi connectivity index (χ3v) is 3.98. The predicted octanol–water partition coefficient (Wildman–Crippen LogP) is 2.06. The number of fused-ring (bicyclic) bond motifs is 2. The maximum Gasteiger partial charge on any atom is 0.471 e. The molecule has 1 aromatic heterocycles. The molecule has 94 valence electrons. The van der Waals surface area contributed by atoms with Crippen LogP contribution in [0.3, 0.4) is 0 Å². The van der Waals surface area contributed by atoms with Crippen LogP contribution in [-0.2, 0) is 11.7 Å². The topological polar surface area (TPSA) is 64.9 Å². The summed E-state index contributed by atoms with van der Waals surface area (Å²) in [5.74, 6) is -0.610. The largest absolute Gasteiger partial charge is 0.471 e. The molecule has 1 aromatic rings. The van der Waals surface area contributed by atoms with Gasteiger partial charge in [-0.1, -0.05) is 11.6 Å². The van der Waals surface area contributed by atoms with E-state index in [-0.39, 0.29) is 11.7 Å². The summed E-state index contributed by atoms with van der Waals surface area (Å²) < 4.78 is 41.3. The van der Waals surface area contributed by atoms with Gasteiger partial charge < -0.3 is 10.3 Å². The Bertz CT molecular complexity index is 444. The molecule has 2 N–H and O–H groups in total. The fourth-order valence-electron chi connectivity index (χ4n) is 3.17. The molecule has 2 fully saturated rings. The zero-order valence-corrected chi connectivity index (χ0v) is 9.00. The smallest absolute Gasteiger partial charge is 0.329 e. The molecule has 0 radical (unpaired) electrons. The molecule has 2 aliphatic rings. The molecule has 2 aliphatic carbocycles. The van der Waals surface area contributed by atoms with Crippen molar-refractivity contribution in [3.63, 3.8) is 0 Å². The van der Waals surface area contributed by atoms with Gasteiger partial charge in [0, 0.05) is 0 Å². The van der Waals surface area contributed by atoms with Crippen LogP contribution in [0, 0.1) is 11.8 Å². The van der Waals surface area contributed by atoms with Crippen molar-refractivity contribution >= 4 is 0 Å². The van der Waals surface area contributed by atoms with Gasteiger partial charge in [-0.15, -0.1) is 0 Å². The van der Waals surface area contributed by atoms with Gasteiger partial charge in [0.15, 0.2) is 5.82 Å². The van der Waals surface area contributed by atoms with E-state index in [1.165, 1.54) is 0 Å². The van der Waals surface area contributed by atoms with Crippen molar-refractivity contribution in [2.24, 2.45) is 17.6 Å². The molecule has 17 heavy (non-hydrogen) atoms. The maximum absolute atomic E-state index is 12.4. The van der Waals surface area contributed by atoms with E-state index in [1.54, 1.807) is 0 Å². The third-order valence-electron chi connectivity index (χ3n) is 3.98. The first-order valence-electron chi connectivity index (χ1n) is 5.60. The average Bonchev–Trinajstić information content (AvgIpc) is 2.90. The van der Waals surface area contributed by atoms with Crippen molar-refractivity contribution in [3.8, 4) is 0 Å². The van der Waals surface area contributed by atoms with Crippen molar-refractivity contribution in [1.29, 1.82) is 0 Å². The number of nitrogens with zero attached hydrogens (tertiary/aromatic N) is 2. The number of hydrogen-bond acceptors (Lipinski definition) is 4. The molecule has 7 heteroatoms. The van der Waals surface area contributed by atoms with Crippen LogP contribution >= 0.6 is 0 Å². The van der Waals surface area contributed by atoms with Crippen LogP contribution in [0.5, 0.6) is 0 Å². The highest BCUT2D eigenvalue weighted by molar-refractivity contribution is 5.14. The van der Waals surface area contributed by atoms with E-state index in [9.17, 15) is 13.2 Å². The van der Waals surface area contributed by atoms with Crippen molar-refractivity contribution in [1.82, 2.24) is 10.1 Å². The fraction of sp³-hybridized carbons (Fsp3) is 0.800. The highest BCUT2D eigenvalue weighted by Gasteiger charge is 2.53. The van der Waals surface area contributed by atoms with Crippen molar-refractivity contribution < 1.29 is 17.7 Å². The van der Waals surface area contributed by atoms with Crippen LogP contribution in [0.4, 0.5) is 13.2 Å². The third kappa shape index (κ3) is 1.55. The van der Waals surface area contributed by atoms with Gasteiger partial charge in [-0.05, 0) is 31.1 Å². The van der Waals surface area contributed by atoms with Crippen molar-refractivity contribution in [3.05, 3.63) is 11.7 Å². The first-order chi connectivity index (χ1) is 7.89. The standard InChI is InChI=1S/C10H12F3N3O/c11-10(12,13)8-15-7(16-17-8)9(14)4-5-1-2-6(9)3-5/h5-6H,1-4,14H2. The Balaban J connectivity index is 1.92. The van der Waals surface area contributed by atoms with E-state index in [1.807, 2.05) is 0 Å². The number of nitrogens with two attached hydrogens (primary N) is 1. The summed E-state index contributed by atoms with van der Waals surface area (Å²) in [6.45, 7) is 0. The minimum absolute atomic E-state index is 0.0111. The molecular weight excluding hydrogens is 235 g/mol. The number of aromatic nitrogens is 2. The normalized spacial score (nSPS) is 36.7. The van der Waals surface area contributed by atoms with Gasteiger partial charge in [-0.25, -0.2) is 0 Å². The second kappa shape index (κ2) is 3.22. The van der Waals surface area contributed by atoms with E-state index < -0.39 is 17.6 Å². The molecule has 0 aliphatic heterocycles. The van der Waals surface area contributed by atoms with Gasteiger partial charge >= 0.3 is 12.1 Å². The minimum Gasteiger partial charge on any atom is -0.329 e. The quantitative estimate of drug-likeness (QED) is 0.825. The summed E-state index contributed by atoms with van der Waals surface area (Å²) in [5.41, 5.74) is 5.35.